The Hall–Kier alpha value is -0.800. The van der Waals surface area contributed by atoms with Crippen LogP contribution in [0.15, 0.2) is 24.3 Å². The zero-order valence-electron chi connectivity index (χ0n) is 14.9. The molecule has 1 aliphatic rings. The van der Waals surface area contributed by atoms with E-state index in [1.807, 2.05) is 6.92 Å². The van der Waals surface area contributed by atoms with Gasteiger partial charge in [-0.25, -0.2) is 0 Å². The number of alkyl halides is 1. The largest absolute Gasteiger partial charge is 0.481 e. The number of carboxylic acid groups (broad SMARTS) is 1. The molecule has 0 amide bonds. The van der Waals surface area contributed by atoms with Crippen molar-refractivity contribution in [1.29, 1.82) is 0 Å². The molecule has 1 rings (SSSR count). The summed E-state index contributed by atoms with van der Waals surface area (Å²) in [6.45, 7) is 1.84. The highest BCUT2D eigenvalue weighted by Crippen LogP contribution is 2.39. The van der Waals surface area contributed by atoms with Gasteiger partial charge in [0, 0.05) is 11.8 Å². The van der Waals surface area contributed by atoms with Crippen molar-refractivity contribution in [3.8, 4) is 0 Å². The van der Waals surface area contributed by atoms with Gasteiger partial charge in [0.1, 0.15) is 0 Å². The highest BCUT2D eigenvalue weighted by Gasteiger charge is 2.32. The molecule has 0 aromatic heterocycles. The third kappa shape index (κ3) is 9.48. The molecular formula is C20H33ClO3. The van der Waals surface area contributed by atoms with Crippen molar-refractivity contribution in [2.75, 3.05) is 0 Å². The van der Waals surface area contributed by atoms with E-state index in [1.54, 1.807) is 0 Å². The van der Waals surface area contributed by atoms with E-state index in [4.69, 9.17) is 16.7 Å². The lowest BCUT2D eigenvalue weighted by atomic mass is 9.91. The summed E-state index contributed by atoms with van der Waals surface area (Å²) >= 11 is 6.48. The molecule has 0 heterocycles. The fraction of sp³-hybridized carbons (Fsp3) is 0.750. The lowest BCUT2D eigenvalue weighted by Gasteiger charge is -2.17. The lowest BCUT2D eigenvalue weighted by Crippen LogP contribution is -2.12. The minimum absolute atomic E-state index is 0.188. The second-order valence-electron chi connectivity index (χ2n) is 6.98. The summed E-state index contributed by atoms with van der Waals surface area (Å²) in [6.07, 6.45) is 17.9. The number of aliphatic hydroxyl groups excluding tert-OH is 1. The number of hydrogen-bond donors (Lipinski definition) is 2. The van der Waals surface area contributed by atoms with Gasteiger partial charge in [0.2, 0.25) is 0 Å². The summed E-state index contributed by atoms with van der Waals surface area (Å²) in [4.78, 5) is 10.5. The Morgan fingerprint density at radius 1 is 1.17 bits per heavy atom. The van der Waals surface area contributed by atoms with Gasteiger partial charge in [-0.3, -0.25) is 4.79 Å². The Morgan fingerprint density at radius 2 is 1.92 bits per heavy atom. The van der Waals surface area contributed by atoms with Gasteiger partial charge in [-0.15, -0.1) is 11.6 Å². The predicted octanol–water partition coefficient (Wildman–Crippen LogP) is 5.32. The van der Waals surface area contributed by atoms with Gasteiger partial charge in [0.15, 0.2) is 0 Å². The number of aliphatic hydroxyl groups is 1. The number of aliphatic carboxylic acids is 1. The van der Waals surface area contributed by atoms with Gasteiger partial charge in [0.25, 0.3) is 0 Å². The monoisotopic (exact) mass is 356 g/mol. The lowest BCUT2D eigenvalue weighted by molar-refractivity contribution is -0.137. The van der Waals surface area contributed by atoms with Crippen LogP contribution in [0.25, 0.3) is 0 Å². The van der Waals surface area contributed by atoms with E-state index in [0.717, 1.165) is 51.4 Å². The second kappa shape index (κ2) is 12.5. The van der Waals surface area contributed by atoms with Gasteiger partial charge in [0.05, 0.1) is 6.10 Å². The zero-order valence-corrected chi connectivity index (χ0v) is 15.6. The average molecular weight is 357 g/mol. The van der Waals surface area contributed by atoms with Crippen LogP contribution in [0.4, 0.5) is 0 Å². The number of carboxylic acids is 1. The summed E-state index contributed by atoms with van der Waals surface area (Å²) in [6, 6.07) is 0. The fourth-order valence-corrected chi connectivity index (χ4v) is 3.74. The van der Waals surface area contributed by atoms with Crippen molar-refractivity contribution in [2.24, 2.45) is 11.8 Å². The van der Waals surface area contributed by atoms with Crippen molar-refractivity contribution in [3.05, 3.63) is 24.3 Å². The molecule has 0 aromatic rings. The molecule has 3 nitrogen and oxygen atoms in total. The Labute approximate surface area is 151 Å². The summed E-state index contributed by atoms with van der Waals surface area (Å²) < 4.78 is 0. The van der Waals surface area contributed by atoms with Gasteiger partial charge >= 0.3 is 5.97 Å². The molecule has 1 aliphatic carbocycles. The molecule has 138 valence electrons. The van der Waals surface area contributed by atoms with Crippen LogP contribution >= 0.6 is 11.6 Å². The molecule has 0 bridgehead atoms. The van der Waals surface area contributed by atoms with E-state index < -0.39 is 5.97 Å². The third-order valence-corrected chi connectivity index (χ3v) is 5.29. The van der Waals surface area contributed by atoms with Crippen LogP contribution in [-0.4, -0.2) is 27.7 Å². The molecule has 0 saturated heterocycles. The van der Waals surface area contributed by atoms with E-state index in [0.29, 0.717) is 18.3 Å². The van der Waals surface area contributed by atoms with Crippen LogP contribution in [-0.2, 0) is 4.79 Å². The molecular weight excluding hydrogens is 324 g/mol. The average Bonchev–Trinajstić information content (AvgIpc) is 2.86. The Kier molecular flexibility index (Phi) is 11.1. The molecule has 24 heavy (non-hydrogen) atoms. The molecule has 1 fully saturated rings. The number of rotatable bonds is 12. The maximum atomic E-state index is 10.5. The summed E-state index contributed by atoms with van der Waals surface area (Å²) in [5.74, 6) is 0.336. The first-order chi connectivity index (χ1) is 11.5. The number of unbranched alkanes of at least 4 members (excludes halogenated alkanes) is 3. The molecule has 0 aliphatic heterocycles. The minimum atomic E-state index is -0.723. The van der Waals surface area contributed by atoms with Gasteiger partial charge in [-0.1, -0.05) is 30.7 Å². The highest BCUT2D eigenvalue weighted by atomic mass is 35.5. The van der Waals surface area contributed by atoms with E-state index in [2.05, 4.69) is 24.3 Å². The SMILES string of the molecule is C[C@@H](O)CCCC/C=C/[C@H]1CC[C@@H](Cl)C1C/C=C\CCCC(=O)O. The van der Waals surface area contributed by atoms with Crippen molar-refractivity contribution < 1.29 is 15.0 Å². The normalized spacial score (nSPS) is 25.7. The first kappa shape index (κ1) is 21.2. The van der Waals surface area contributed by atoms with Crippen LogP contribution in [0.2, 0.25) is 0 Å². The van der Waals surface area contributed by atoms with E-state index in [9.17, 15) is 9.90 Å². The van der Waals surface area contributed by atoms with Crippen LogP contribution < -0.4 is 0 Å². The Morgan fingerprint density at radius 3 is 2.62 bits per heavy atom. The van der Waals surface area contributed by atoms with E-state index >= 15 is 0 Å². The fourth-order valence-electron chi connectivity index (χ4n) is 3.32. The Bertz CT molecular complexity index is 404. The predicted molar refractivity (Wildman–Crippen MR) is 100 cm³/mol. The highest BCUT2D eigenvalue weighted by molar-refractivity contribution is 6.21. The van der Waals surface area contributed by atoms with Crippen LogP contribution in [0.5, 0.6) is 0 Å². The maximum Gasteiger partial charge on any atom is 0.303 e. The smallest absolute Gasteiger partial charge is 0.303 e. The molecule has 1 unspecified atom stereocenters. The molecule has 2 N–H and O–H groups in total. The van der Waals surface area contributed by atoms with Crippen molar-refractivity contribution >= 4 is 17.6 Å². The molecule has 4 heteroatoms. The van der Waals surface area contributed by atoms with Crippen LogP contribution in [0.3, 0.4) is 0 Å². The van der Waals surface area contributed by atoms with E-state index in [1.165, 1.54) is 0 Å². The summed E-state index contributed by atoms with van der Waals surface area (Å²) in [5, 5.41) is 18.1. The molecule has 1 saturated carbocycles. The molecule has 4 atom stereocenters. The molecule has 0 spiro atoms. The first-order valence-corrected chi connectivity index (χ1v) is 9.80. The minimum Gasteiger partial charge on any atom is -0.481 e. The number of hydrogen-bond acceptors (Lipinski definition) is 2. The Balaban J connectivity index is 2.26. The zero-order chi connectivity index (χ0) is 17.8. The van der Waals surface area contributed by atoms with Gasteiger partial charge in [-0.2, -0.15) is 0 Å². The maximum absolute atomic E-state index is 10.5. The van der Waals surface area contributed by atoms with Crippen molar-refractivity contribution in [1.82, 2.24) is 0 Å². The van der Waals surface area contributed by atoms with Crippen LogP contribution in [0, 0.1) is 11.8 Å². The van der Waals surface area contributed by atoms with Crippen molar-refractivity contribution in [3.63, 3.8) is 0 Å². The van der Waals surface area contributed by atoms with E-state index in [-0.39, 0.29) is 17.9 Å². The number of halogens is 1. The summed E-state index contributed by atoms with van der Waals surface area (Å²) in [7, 11) is 0. The topological polar surface area (TPSA) is 57.5 Å². The second-order valence-corrected chi connectivity index (χ2v) is 7.54. The van der Waals surface area contributed by atoms with Crippen LogP contribution in [0.1, 0.15) is 71.1 Å². The molecule has 0 radical (unpaired) electrons. The van der Waals surface area contributed by atoms with Crippen molar-refractivity contribution in [2.45, 2.75) is 82.6 Å². The standard InChI is InChI=1S/C20H33ClO3/c1-16(22)10-6-2-3-7-11-17-14-15-19(21)18(17)12-8-4-5-9-13-20(23)24/h4,7-8,11,16-19,22H,2-3,5-6,9-10,12-15H2,1H3,(H,23,24)/b8-4-,11-7+/t16-,17+,18?,19-/m1/s1. The molecule has 0 aromatic carbocycles. The quantitative estimate of drug-likeness (QED) is 0.282. The number of carbonyl (C=O) groups is 1. The van der Waals surface area contributed by atoms with Gasteiger partial charge < -0.3 is 10.2 Å². The number of allylic oxidation sites excluding steroid dienone is 4. The summed E-state index contributed by atoms with van der Waals surface area (Å²) in [5.41, 5.74) is 0. The van der Waals surface area contributed by atoms with Gasteiger partial charge in [-0.05, 0) is 70.1 Å². The third-order valence-electron chi connectivity index (χ3n) is 4.75. The first-order valence-electron chi connectivity index (χ1n) is 9.36.